The number of aliphatic carboxylic acids is 1. The molecular weight excluding hydrogens is 176 g/mol. The number of carbonyl (C=O) groups is 2. The molecule has 13 heavy (non-hydrogen) atoms. The van der Waals surface area contributed by atoms with Crippen LogP contribution in [-0.2, 0) is 14.3 Å². The van der Waals surface area contributed by atoms with E-state index in [1.807, 2.05) is 0 Å². The van der Waals surface area contributed by atoms with Gasteiger partial charge in [-0.05, 0) is 0 Å². The maximum Gasteiger partial charge on any atom is 0.350 e. The lowest BCUT2D eigenvalue weighted by Gasteiger charge is -2.33. The van der Waals surface area contributed by atoms with Gasteiger partial charge in [-0.15, -0.1) is 0 Å². The lowest BCUT2D eigenvalue weighted by Crippen LogP contribution is -2.56. The molecule has 0 spiro atoms. The first kappa shape index (κ1) is 11.9. The van der Waals surface area contributed by atoms with E-state index >= 15 is 0 Å². The standard InChI is InChI=1S/C8H14O5/c1-7(2,3)8(12,5(9)10)6(11)13-4/h12H,1-4H3,(H,9,10). The van der Waals surface area contributed by atoms with E-state index in [9.17, 15) is 14.7 Å². The molecule has 0 saturated heterocycles. The summed E-state index contributed by atoms with van der Waals surface area (Å²) in [5, 5.41) is 18.3. The second kappa shape index (κ2) is 3.33. The molecule has 1 atom stereocenters. The van der Waals surface area contributed by atoms with Crippen LogP contribution in [0.15, 0.2) is 0 Å². The third-order valence-electron chi connectivity index (χ3n) is 1.88. The number of hydrogen-bond donors (Lipinski definition) is 2. The summed E-state index contributed by atoms with van der Waals surface area (Å²) in [7, 11) is 1.03. The van der Waals surface area contributed by atoms with Crippen LogP contribution in [-0.4, -0.2) is 34.9 Å². The first-order chi connectivity index (χ1) is 5.67. The van der Waals surface area contributed by atoms with Crippen LogP contribution in [0.25, 0.3) is 0 Å². The van der Waals surface area contributed by atoms with Crippen molar-refractivity contribution < 1.29 is 24.5 Å². The minimum atomic E-state index is -2.50. The van der Waals surface area contributed by atoms with E-state index in [1.165, 1.54) is 20.8 Å². The predicted octanol–water partition coefficient (Wildman–Crippen LogP) is 0.0212. The normalized spacial score (nSPS) is 16.1. The quantitative estimate of drug-likeness (QED) is 0.473. The van der Waals surface area contributed by atoms with Crippen molar-refractivity contribution >= 4 is 11.9 Å². The summed E-state index contributed by atoms with van der Waals surface area (Å²) in [6.45, 7) is 4.33. The number of carboxylic acids is 1. The Bertz CT molecular complexity index is 227. The van der Waals surface area contributed by atoms with E-state index in [0.29, 0.717) is 0 Å². The number of rotatable bonds is 2. The monoisotopic (exact) mass is 190 g/mol. The summed E-state index contributed by atoms with van der Waals surface area (Å²) in [5.41, 5.74) is -3.62. The number of ether oxygens (including phenoxy) is 1. The Labute approximate surface area is 76.3 Å². The third-order valence-corrected chi connectivity index (χ3v) is 1.88. The van der Waals surface area contributed by atoms with Crippen LogP contribution < -0.4 is 0 Å². The molecule has 76 valence electrons. The molecule has 0 aliphatic rings. The summed E-state index contributed by atoms with van der Waals surface area (Å²) in [5.74, 6) is -2.76. The van der Waals surface area contributed by atoms with Crippen LogP contribution >= 0.6 is 0 Å². The van der Waals surface area contributed by atoms with Crippen LogP contribution in [0.5, 0.6) is 0 Å². The molecule has 0 aromatic heterocycles. The van der Waals surface area contributed by atoms with Crippen molar-refractivity contribution in [2.75, 3.05) is 7.11 Å². The van der Waals surface area contributed by atoms with Gasteiger partial charge in [0, 0.05) is 5.41 Å². The second-order valence-electron chi connectivity index (χ2n) is 3.76. The molecule has 1 unspecified atom stereocenters. The van der Waals surface area contributed by atoms with Crippen LogP contribution in [0.2, 0.25) is 0 Å². The summed E-state index contributed by atoms with van der Waals surface area (Å²) in [6, 6.07) is 0. The maximum absolute atomic E-state index is 11.1. The van der Waals surface area contributed by atoms with Crippen molar-refractivity contribution in [1.29, 1.82) is 0 Å². The molecule has 0 heterocycles. The maximum atomic E-state index is 11.1. The van der Waals surface area contributed by atoms with Gasteiger partial charge in [-0.2, -0.15) is 0 Å². The van der Waals surface area contributed by atoms with Crippen molar-refractivity contribution in [3.63, 3.8) is 0 Å². The van der Waals surface area contributed by atoms with Gasteiger partial charge in [0.05, 0.1) is 7.11 Å². The van der Waals surface area contributed by atoms with Crippen molar-refractivity contribution in [1.82, 2.24) is 0 Å². The SMILES string of the molecule is COC(=O)C(O)(C(=O)O)C(C)(C)C. The first-order valence-electron chi connectivity index (χ1n) is 3.72. The third kappa shape index (κ3) is 1.80. The molecule has 0 fully saturated rings. The van der Waals surface area contributed by atoms with Crippen molar-refractivity contribution in [3.8, 4) is 0 Å². The summed E-state index contributed by atoms with van der Waals surface area (Å²) >= 11 is 0. The molecule has 5 nitrogen and oxygen atoms in total. The number of carbonyl (C=O) groups excluding carboxylic acids is 1. The molecule has 0 amide bonds. The van der Waals surface area contributed by atoms with Gasteiger partial charge in [0.15, 0.2) is 0 Å². The van der Waals surface area contributed by atoms with E-state index in [-0.39, 0.29) is 0 Å². The highest BCUT2D eigenvalue weighted by atomic mass is 16.5. The Morgan fingerprint density at radius 2 is 1.62 bits per heavy atom. The fourth-order valence-corrected chi connectivity index (χ4v) is 0.862. The molecule has 0 aromatic rings. The van der Waals surface area contributed by atoms with Crippen LogP contribution in [0.1, 0.15) is 20.8 Å². The molecule has 0 rings (SSSR count). The number of methoxy groups -OCH3 is 1. The number of aliphatic hydroxyl groups is 1. The summed E-state index contributed by atoms with van der Waals surface area (Å²) in [6.07, 6.45) is 0. The molecule has 0 bridgehead atoms. The smallest absolute Gasteiger partial charge is 0.350 e. The fourth-order valence-electron chi connectivity index (χ4n) is 0.862. The number of hydrogen-bond acceptors (Lipinski definition) is 4. The lowest BCUT2D eigenvalue weighted by atomic mass is 9.76. The van der Waals surface area contributed by atoms with Gasteiger partial charge in [-0.3, -0.25) is 0 Å². The zero-order valence-corrected chi connectivity index (χ0v) is 8.12. The van der Waals surface area contributed by atoms with Gasteiger partial charge in [0.2, 0.25) is 0 Å². The number of esters is 1. The molecule has 0 aliphatic heterocycles. The van der Waals surface area contributed by atoms with E-state index in [1.54, 1.807) is 0 Å². The lowest BCUT2D eigenvalue weighted by molar-refractivity contribution is -0.191. The molecule has 0 aliphatic carbocycles. The van der Waals surface area contributed by atoms with Gasteiger partial charge >= 0.3 is 11.9 Å². The number of carboxylic acid groups (broad SMARTS) is 1. The highest BCUT2D eigenvalue weighted by molar-refractivity contribution is 6.03. The van der Waals surface area contributed by atoms with Crippen molar-refractivity contribution in [3.05, 3.63) is 0 Å². The fraction of sp³-hybridized carbons (Fsp3) is 0.750. The van der Waals surface area contributed by atoms with Crippen molar-refractivity contribution in [2.45, 2.75) is 26.4 Å². The second-order valence-corrected chi connectivity index (χ2v) is 3.76. The molecule has 0 aromatic carbocycles. The molecule has 0 saturated carbocycles. The van der Waals surface area contributed by atoms with Crippen LogP contribution in [0.4, 0.5) is 0 Å². The Balaban J connectivity index is 5.20. The Morgan fingerprint density at radius 3 is 1.69 bits per heavy atom. The zero-order chi connectivity index (χ0) is 10.9. The van der Waals surface area contributed by atoms with Gasteiger partial charge in [-0.1, -0.05) is 20.8 Å². The summed E-state index contributed by atoms with van der Waals surface area (Å²) in [4.78, 5) is 21.8. The van der Waals surface area contributed by atoms with E-state index < -0.39 is 23.0 Å². The van der Waals surface area contributed by atoms with Crippen LogP contribution in [0.3, 0.4) is 0 Å². The first-order valence-corrected chi connectivity index (χ1v) is 3.72. The Morgan fingerprint density at radius 1 is 1.23 bits per heavy atom. The van der Waals surface area contributed by atoms with Gasteiger partial charge in [-0.25, -0.2) is 9.59 Å². The minimum Gasteiger partial charge on any atom is -0.479 e. The Kier molecular flexibility index (Phi) is 3.05. The highest BCUT2D eigenvalue weighted by Crippen LogP contribution is 2.31. The van der Waals surface area contributed by atoms with E-state index in [4.69, 9.17) is 5.11 Å². The average Bonchev–Trinajstić information content (AvgIpc) is 1.98. The van der Waals surface area contributed by atoms with E-state index in [0.717, 1.165) is 7.11 Å². The molecule has 2 N–H and O–H groups in total. The summed E-state index contributed by atoms with van der Waals surface area (Å²) < 4.78 is 4.23. The van der Waals surface area contributed by atoms with E-state index in [2.05, 4.69) is 4.74 Å². The van der Waals surface area contributed by atoms with Gasteiger partial charge in [0.1, 0.15) is 0 Å². The van der Waals surface area contributed by atoms with Crippen LogP contribution in [0, 0.1) is 5.41 Å². The molecule has 5 heteroatoms. The largest absolute Gasteiger partial charge is 0.479 e. The minimum absolute atomic E-state index is 1.03. The molecule has 0 radical (unpaired) electrons. The topological polar surface area (TPSA) is 83.8 Å². The Hall–Kier alpha value is -1.10. The average molecular weight is 190 g/mol. The predicted molar refractivity (Wildman–Crippen MR) is 44.1 cm³/mol. The van der Waals surface area contributed by atoms with Gasteiger partial charge in [0.25, 0.3) is 5.60 Å². The zero-order valence-electron chi connectivity index (χ0n) is 8.12. The van der Waals surface area contributed by atoms with Crippen molar-refractivity contribution in [2.24, 2.45) is 5.41 Å². The highest BCUT2D eigenvalue weighted by Gasteiger charge is 2.55. The molecular formula is C8H14O5. The van der Waals surface area contributed by atoms with Gasteiger partial charge < -0.3 is 14.9 Å².